The Morgan fingerprint density at radius 2 is 2.23 bits per heavy atom. The number of fused-ring (bicyclic) bond motifs is 1. The van der Waals surface area contributed by atoms with Crippen LogP contribution in [0.3, 0.4) is 0 Å². The number of likely N-dealkylation sites (N-methyl/N-ethyl adjacent to an activating group) is 1. The first-order valence-corrected chi connectivity index (χ1v) is 9.71. The van der Waals surface area contributed by atoms with Crippen LogP contribution in [0.25, 0.3) is 0 Å². The number of piperidine rings is 1. The van der Waals surface area contributed by atoms with Gasteiger partial charge < -0.3 is 9.47 Å². The number of ether oxygens (including phenoxy) is 2. The lowest BCUT2D eigenvalue weighted by molar-refractivity contribution is -0.955. The molecule has 4 nitrogen and oxygen atoms in total. The average Bonchev–Trinajstić information content (AvgIpc) is 2.93. The minimum absolute atomic E-state index is 0.182. The van der Waals surface area contributed by atoms with E-state index in [-0.39, 0.29) is 11.4 Å². The lowest BCUT2D eigenvalue weighted by Crippen LogP contribution is -2.64. The quantitative estimate of drug-likeness (QED) is 0.461. The molecule has 1 aromatic rings. The predicted molar refractivity (Wildman–Crippen MR) is 101 cm³/mol. The normalized spacial score (nSPS) is 34.1. The molecule has 0 aromatic heterocycles. The topological polar surface area (TPSA) is 35.5 Å². The Labute approximate surface area is 156 Å². The van der Waals surface area contributed by atoms with E-state index < -0.39 is 0 Å². The van der Waals surface area contributed by atoms with Crippen molar-refractivity contribution in [2.24, 2.45) is 5.92 Å². The second-order valence-corrected chi connectivity index (χ2v) is 8.64. The number of carbonyl (C=O) groups excluding carboxylic acids is 1. The summed E-state index contributed by atoms with van der Waals surface area (Å²) >= 11 is 0. The van der Waals surface area contributed by atoms with Crippen molar-refractivity contribution in [3.05, 3.63) is 41.5 Å². The predicted octanol–water partition coefficient (Wildman–Crippen LogP) is 3.37. The molecule has 2 aliphatic carbocycles. The number of carbonyl (C=O) groups is 1. The van der Waals surface area contributed by atoms with Gasteiger partial charge in [0.15, 0.2) is 0 Å². The Hall–Kier alpha value is -1.81. The van der Waals surface area contributed by atoms with Crippen LogP contribution in [0.4, 0.5) is 0 Å². The van der Waals surface area contributed by atoms with Crippen molar-refractivity contribution >= 4 is 5.97 Å². The van der Waals surface area contributed by atoms with Gasteiger partial charge in [-0.3, -0.25) is 9.28 Å². The fraction of sp³-hybridized carbons (Fsp3) is 0.591. The summed E-state index contributed by atoms with van der Waals surface area (Å²) in [7, 11) is 4.04. The molecule has 0 N–H and O–H groups in total. The molecule has 0 radical (unpaired) electrons. The molecule has 0 amide bonds. The molecule has 1 saturated heterocycles. The zero-order valence-electron chi connectivity index (χ0n) is 16.2. The van der Waals surface area contributed by atoms with Crippen molar-refractivity contribution < 1.29 is 18.8 Å². The van der Waals surface area contributed by atoms with Gasteiger partial charge >= 0.3 is 5.97 Å². The highest BCUT2D eigenvalue weighted by Gasteiger charge is 2.58. The molecule has 1 spiro atoms. The molecule has 3 aliphatic rings. The van der Waals surface area contributed by atoms with E-state index in [2.05, 4.69) is 31.8 Å². The number of quaternary nitrogens is 1. The standard InChI is InChI=1S/C22H30NO3/c1-5-6-17-12-19-20(25-4)8-7-16-11-18-13-22(17,21(16)19)9-10-23(18,3)14-26-15(2)24/h5,7-8,17-18H,1,6,9-14H2,2-4H3/q+1. The molecular weight excluding hydrogens is 326 g/mol. The molecule has 4 rings (SSSR count). The van der Waals surface area contributed by atoms with Crippen molar-refractivity contribution in [1.29, 1.82) is 0 Å². The third kappa shape index (κ3) is 2.42. The van der Waals surface area contributed by atoms with Gasteiger partial charge in [0.25, 0.3) is 0 Å². The van der Waals surface area contributed by atoms with Crippen LogP contribution in [0.15, 0.2) is 24.8 Å². The zero-order chi connectivity index (χ0) is 18.5. The largest absolute Gasteiger partial charge is 0.496 e. The maximum absolute atomic E-state index is 11.4. The molecule has 1 fully saturated rings. The van der Waals surface area contributed by atoms with E-state index in [0.717, 1.165) is 42.5 Å². The number of hydrogen-bond acceptors (Lipinski definition) is 3. The first kappa shape index (κ1) is 17.6. The minimum Gasteiger partial charge on any atom is -0.496 e. The number of hydrogen-bond donors (Lipinski definition) is 0. The summed E-state index contributed by atoms with van der Waals surface area (Å²) in [6.45, 7) is 7.07. The molecule has 4 unspecified atom stereocenters. The van der Waals surface area contributed by atoms with Crippen LogP contribution in [0, 0.1) is 5.92 Å². The van der Waals surface area contributed by atoms with E-state index >= 15 is 0 Å². The molecule has 140 valence electrons. The zero-order valence-corrected chi connectivity index (χ0v) is 16.2. The molecular formula is C22H30NO3+. The monoisotopic (exact) mass is 356 g/mol. The van der Waals surface area contributed by atoms with Crippen LogP contribution in [-0.4, -0.2) is 43.9 Å². The van der Waals surface area contributed by atoms with E-state index in [0.29, 0.717) is 18.7 Å². The number of esters is 1. The summed E-state index contributed by atoms with van der Waals surface area (Å²) in [4.78, 5) is 11.4. The first-order chi connectivity index (χ1) is 12.4. The Morgan fingerprint density at radius 3 is 2.92 bits per heavy atom. The second kappa shape index (κ2) is 6.12. The van der Waals surface area contributed by atoms with Gasteiger partial charge in [0, 0.05) is 31.6 Å². The molecule has 1 aromatic carbocycles. The fourth-order valence-electron chi connectivity index (χ4n) is 5.95. The Kier molecular flexibility index (Phi) is 4.14. The van der Waals surface area contributed by atoms with Crippen molar-refractivity contribution in [2.75, 3.05) is 27.4 Å². The number of benzene rings is 1. The van der Waals surface area contributed by atoms with Gasteiger partial charge in [0.2, 0.25) is 6.73 Å². The maximum atomic E-state index is 11.4. The smallest absolute Gasteiger partial charge is 0.306 e. The van der Waals surface area contributed by atoms with Crippen LogP contribution < -0.4 is 4.74 Å². The summed E-state index contributed by atoms with van der Waals surface area (Å²) in [6.07, 6.45) is 7.62. The molecule has 4 atom stereocenters. The van der Waals surface area contributed by atoms with Crippen LogP contribution in [0.2, 0.25) is 0 Å². The molecule has 4 heteroatoms. The van der Waals surface area contributed by atoms with Gasteiger partial charge in [-0.2, -0.15) is 0 Å². The lowest BCUT2D eigenvalue weighted by Gasteiger charge is -2.55. The van der Waals surface area contributed by atoms with E-state index in [9.17, 15) is 4.79 Å². The molecule has 1 heterocycles. The fourth-order valence-corrected chi connectivity index (χ4v) is 5.95. The number of nitrogens with zero attached hydrogens (tertiary/aromatic N) is 1. The van der Waals surface area contributed by atoms with Crippen LogP contribution >= 0.6 is 0 Å². The molecule has 26 heavy (non-hydrogen) atoms. The highest BCUT2D eigenvalue weighted by atomic mass is 16.5. The summed E-state index contributed by atoms with van der Waals surface area (Å²) < 4.78 is 12.0. The summed E-state index contributed by atoms with van der Waals surface area (Å²) in [5, 5.41) is 0. The third-order valence-electron chi connectivity index (χ3n) is 7.33. The average molecular weight is 356 g/mol. The van der Waals surface area contributed by atoms with Gasteiger partial charge in [-0.15, -0.1) is 6.58 Å². The van der Waals surface area contributed by atoms with Gasteiger partial charge in [-0.05, 0) is 41.5 Å². The van der Waals surface area contributed by atoms with Crippen LogP contribution in [0.1, 0.15) is 42.9 Å². The van der Waals surface area contributed by atoms with Crippen molar-refractivity contribution in [3.8, 4) is 5.75 Å². The van der Waals surface area contributed by atoms with Crippen LogP contribution in [0.5, 0.6) is 5.75 Å². The molecule has 2 bridgehead atoms. The number of methoxy groups -OCH3 is 1. The molecule has 1 aliphatic heterocycles. The van der Waals surface area contributed by atoms with Gasteiger partial charge in [-0.25, -0.2) is 0 Å². The van der Waals surface area contributed by atoms with Gasteiger partial charge in [-0.1, -0.05) is 12.1 Å². The minimum atomic E-state index is -0.182. The number of likely N-dealkylation sites (tertiary alicyclic amines) is 1. The van der Waals surface area contributed by atoms with Crippen molar-refractivity contribution in [2.45, 2.75) is 50.5 Å². The van der Waals surface area contributed by atoms with E-state index in [1.54, 1.807) is 12.7 Å². The summed E-state index contributed by atoms with van der Waals surface area (Å²) in [5.41, 5.74) is 4.74. The first-order valence-electron chi connectivity index (χ1n) is 9.71. The highest BCUT2D eigenvalue weighted by molar-refractivity contribution is 5.65. The Bertz CT molecular complexity index is 758. The molecule has 0 saturated carbocycles. The van der Waals surface area contributed by atoms with Crippen molar-refractivity contribution in [1.82, 2.24) is 0 Å². The van der Waals surface area contributed by atoms with E-state index in [4.69, 9.17) is 9.47 Å². The Morgan fingerprint density at radius 1 is 1.42 bits per heavy atom. The number of allylic oxidation sites excluding steroid dienone is 1. The Balaban J connectivity index is 1.76. The summed E-state index contributed by atoms with van der Waals surface area (Å²) in [6, 6.07) is 4.92. The summed E-state index contributed by atoms with van der Waals surface area (Å²) in [5.74, 6) is 1.48. The van der Waals surface area contributed by atoms with E-state index in [1.807, 2.05) is 0 Å². The SMILES string of the molecule is C=CCC1Cc2c(OC)ccc3c2C12CC[N+](C)(COC(C)=O)C(C3)C2. The van der Waals surface area contributed by atoms with E-state index in [1.165, 1.54) is 24.5 Å². The highest BCUT2D eigenvalue weighted by Crippen LogP contribution is 2.59. The second-order valence-electron chi connectivity index (χ2n) is 8.64. The van der Waals surface area contributed by atoms with Crippen molar-refractivity contribution in [3.63, 3.8) is 0 Å². The number of rotatable bonds is 5. The maximum Gasteiger partial charge on any atom is 0.306 e. The van der Waals surface area contributed by atoms with Gasteiger partial charge in [0.05, 0.1) is 26.7 Å². The van der Waals surface area contributed by atoms with Gasteiger partial charge in [0.1, 0.15) is 5.75 Å². The lowest BCUT2D eigenvalue weighted by atomic mass is 9.60. The third-order valence-corrected chi connectivity index (χ3v) is 7.33. The van der Waals surface area contributed by atoms with Crippen LogP contribution in [-0.2, 0) is 27.8 Å².